The highest BCUT2D eigenvalue weighted by Gasteiger charge is 2.29. The quantitative estimate of drug-likeness (QED) is 0.365. The maximum atomic E-state index is 13.4. The zero-order valence-electron chi connectivity index (χ0n) is 21.2. The van der Waals surface area contributed by atoms with Crippen molar-refractivity contribution in [1.29, 1.82) is 0 Å². The molecule has 2 rings (SSSR count). The number of nitrogens with one attached hydrogen (secondary N) is 1. The number of sulfonamides is 1. The number of hydrogen-bond acceptors (Lipinski definition) is 4. The first kappa shape index (κ1) is 29.9. The summed E-state index contributed by atoms with van der Waals surface area (Å²) in [6, 6.07) is 13.0. The van der Waals surface area contributed by atoms with E-state index in [2.05, 4.69) is 5.32 Å². The van der Waals surface area contributed by atoms with Crippen molar-refractivity contribution < 1.29 is 18.0 Å². The molecule has 0 unspecified atom stereocenters. The molecule has 0 bridgehead atoms. The molecule has 0 radical (unpaired) electrons. The molecule has 10 heteroatoms. The number of anilines is 1. The summed E-state index contributed by atoms with van der Waals surface area (Å²) in [5, 5.41) is 3.98. The Morgan fingerprint density at radius 2 is 1.64 bits per heavy atom. The molecule has 0 aromatic heterocycles. The number of nitrogens with zero attached hydrogens (tertiary/aromatic N) is 2. The third-order valence-electron chi connectivity index (χ3n) is 5.95. The molecule has 0 saturated carbocycles. The molecule has 36 heavy (non-hydrogen) atoms. The minimum atomic E-state index is -3.57. The molecule has 2 amide bonds. The molecule has 7 nitrogen and oxygen atoms in total. The van der Waals surface area contributed by atoms with E-state index < -0.39 is 16.1 Å². The summed E-state index contributed by atoms with van der Waals surface area (Å²) < 4.78 is 26.1. The van der Waals surface area contributed by atoms with Gasteiger partial charge in [0, 0.05) is 35.6 Å². The Morgan fingerprint density at radius 3 is 2.19 bits per heavy atom. The number of rotatable bonds is 13. The molecule has 0 spiro atoms. The fraction of sp³-hybridized carbons (Fsp3) is 0.462. The van der Waals surface area contributed by atoms with Gasteiger partial charge in [-0.05, 0) is 62.1 Å². The molecule has 0 aliphatic heterocycles. The fourth-order valence-electron chi connectivity index (χ4n) is 3.78. The van der Waals surface area contributed by atoms with Crippen molar-refractivity contribution in [3.05, 3.63) is 64.1 Å². The number of halogens is 2. The summed E-state index contributed by atoms with van der Waals surface area (Å²) in [5.41, 5.74) is 1.21. The van der Waals surface area contributed by atoms with Crippen LogP contribution in [0, 0.1) is 0 Å². The number of carbonyl (C=O) groups excluding carboxylic acids is 2. The van der Waals surface area contributed by atoms with Gasteiger partial charge in [0.05, 0.1) is 11.9 Å². The summed E-state index contributed by atoms with van der Waals surface area (Å²) in [5.74, 6) is -0.461. The summed E-state index contributed by atoms with van der Waals surface area (Å²) in [6.45, 7) is 6.05. The molecule has 2 atom stereocenters. The van der Waals surface area contributed by atoms with Crippen LogP contribution in [0.5, 0.6) is 0 Å². The van der Waals surface area contributed by atoms with E-state index in [0.717, 1.165) is 18.2 Å². The summed E-state index contributed by atoms with van der Waals surface area (Å²) in [4.78, 5) is 28.1. The van der Waals surface area contributed by atoms with Crippen LogP contribution in [0.4, 0.5) is 5.69 Å². The van der Waals surface area contributed by atoms with Gasteiger partial charge in [-0.15, -0.1) is 0 Å². The Morgan fingerprint density at radius 1 is 1.00 bits per heavy atom. The van der Waals surface area contributed by atoms with E-state index in [1.165, 1.54) is 4.31 Å². The summed E-state index contributed by atoms with van der Waals surface area (Å²) in [6.07, 6.45) is 2.67. The second-order valence-electron chi connectivity index (χ2n) is 8.77. The van der Waals surface area contributed by atoms with Gasteiger partial charge in [-0.2, -0.15) is 0 Å². The van der Waals surface area contributed by atoms with Crippen molar-refractivity contribution in [1.82, 2.24) is 10.2 Å². The third-order valence-corrected chi connectivity index (χ3v) is 7.77. The van der Waals surface area contributed by atoms with Crippen LogP contribution in [0.3, 0.4) is 0 Å². The number of amides is 2. The van der Waals surface area contributed by atoms with E-state index in [1.807, 2.05) is 39.0 Å². The Labute approximate surface area is 224 Å². The van der Waals surface area contributed by atoms with Gasteiger partial charge in [-0.1, -0.05) is 55.2 Å². The smallest absolute Gasteiger partial charge is 0.243 e. The lowest BCUT2D eigenvalue weighted by atomic mass is 10.1. The van der Waals surface area contributed by atoms with Gasteiger partial charge in [-0.25, -0.2) is 8.42 Å². The van der Waals surface area contributed by atoms with Crippen molar-refractivity contribution >= 4 is 50.7 Å². The first-order valence-corrected chi connectivity index (χ1v) is 14.6. The third kappa shape index (κ3) is 8.68. The van der Waals surface area contributed by atoms with Crippen molar-refractivity contribution in [3.63, 3.8) is 0 Å². The maximum absolute atomic E-state index is 13.4. The molecule has 1 N–H and O–H groups in total. The van der Waals surface area contributed by atoms with Crippen molar-refractivity contribution in [2.45, 2.75) is 65.1 Å². The van der Waals surface area contributed by atoms with E-state index in [0.29, 0.717) is 22.2 Å². The second kappa shape index (κ2) is 13.9. The van der Waals surface area contributed by atoms with E-state index >= 15 is 0 Å². The highest BCUT2D eigenvalue weighted by atomic mass is 35.5. The van der Waals surface area contributed by atoms with Crippen molar-refractivity contribution in [2.24, 2.45) is 0 Å². The van der Waals surface area contributed by atoms with Crippen LogP contribution in [0.25, 0.3) is 0 Å². The average Bonchev–Trinajstić information content (AvgIpc) is 2.82. The van der Waals surface area contributed by atoms with Gasteiger partial charge in [-0.3, -0.25) is 13.9 Å². The number of benzene rings is 2. The van der Waals surface area contributed by atoms with Gasteiger partial charge in [0.2, 0.25) is 21.8 Å². The first-order chi connectivity index (χ1) is 17.0. The van der Waals surface area contributed by atoms with Gasteiger partial charge < -0.3 is 10.2 Å². The standard InChI is InChI=1S/C26H35Cl2N3O4S/c1-5-19(3)29-26(33)24(6-2)30(18-20-10-7-8-11-23(20)28)25(32)12-9-17-31(36(4,34)35)22-15-13-21(27)14-16-22/h7-8,10-11,13-16,19,24H,5-6,9,12,17-18H2,1-4H3,(H,29,33)/t19-,24+/m0/s1. The Hall–Kier alpha value is -2.29. The normalized spacial score (nSPS) is 13.1. The highest BCUT2D eigenvalue weighted by Crippen LogP contribution is 2.23. The summed E-state index contributed by atoms with van der Waals surface area (Å²) in [7, 11) is -3.57. The first-order valence-electron chi connectivity index (χ1n) is 12.0. The molecule has 0 aliphatic rings. The molecule has 0 aliphatic carbocycles. The van der Waals surface area contributed by atoms with E-state index in [1.54, 1.807) is 35.2 Å². The largest absolute Gasteiger partial charge is 0.352 e. The molecule has 198 valence electrons. The zero-order valence-corrected chi connectivity index (χ0v) is 23.5. The Balaban J connectivity index is 2.23. The molecule has 0 saturated heterocycles. The lowest BCUT2D eigenvalue weighted by Crippen LogP contribution is -2.50. The topological polar surface area (TPSA) is 86.8 Å². The van der Waals surface area contributed by atoms with Gasteiger partial charge in [0.15, 0.2) is 0 Å². The number of carbonyl (C=O) groups is 2. The minimum absolute atomic E-state index is 0.0217. The highest BCUT2D eigenvalue weighted by molar-refractivity contribution is 7.92. The molecular formula is C26H35Cl2N3O4S. The fourth-order valence-corrected chi connectivity index (χ4v) is 5.07. The zero-order chi connectivity index (χ0) is 26.9. The van der Waals surface area contributed by atoms with E-state index in [9.17, 15) is 18.0 Å². The number of hydrogen-bond donors (Lipinski definition) is 1. The minimum Gasteiger partial charge on any atom is -0.352 e. The van der Waals surface area contributed by atoms with E-state index in [4.69, 9.17) is 23.2 Å². The molecule has 2 aromatic rings. The van der Waals surface area contributed by atoms with Crippen LogP contribution in [-0.4, -0.2) is 50.0 Å². The van der Waals surface area contributed by atoms with Gasteiger partial charge in [0.1, 0.15) is 6.04 Å². The van der Waals surface area contributed by atoms with Gasteiger partial charge >= 0.3 is 0 Å². The SMILES string of the molecule is CC[C@H](C(=O)N[C@@H](C)CC)N(Cc1ccccc1Cl)C(=O)CCCN(c1ccc(Cl)cc1)S(C)(=O)=O. The lowest BCUT2D eigenvalue weighted by Gasteiger charge is -2.32. The van der Waals surface area contributed by atoms with Crippen LogP contribution in [0.15, 0.2) is 48.5 Å². The van der Waals surface area contributed by atoms with Gasteiger partial charge in [0.25, 0.3) is 0 Å². The van der Waals surface area contributed by atoms with Crippen molar-refractivity contribution in [3.8, 4) is 0 Å². The maximum Gasteiger partial charge on any atom is 0.243 e. The second-order valence-corrected chi connectivity index (χ2v) is 11.5. The average molecular weight is 557 g/mol. The van der Waals surface area contributed by atoms with Crippen LogP contribution in [-0.2, 0) is 26.2 Å². The Kier molecular flexibility index (Phi) is 11.5. The lowest BCUT2D eigenvalue weighted by molar-refractivity contribution is -0.141. The molecule has 2 aromatic carbocycles. The van der Waals surface area contributed by atoms with Crippen LogP contribution >= 0.6 is 23.2 Å². The molecular weight excluding hydrogens is 521 g/mol. The van der Waals surface area contributed by atoms with Crippen LogP contribution in [0.1, 0.15) is 52.0 Å². The summed E-state index contributed by atoms with van der Waals surface area (Å²) >= 11 is 12.3. The van der Waals surface area contributed by atoms with E-state index in [-0.39, 0.29) is 43.8 Å². The monoisotopic (exact) mass is 555 g/mol. The van der Waals surface area contributed by atoms with Crippen molar-refractivity contribution in [2.75, 3.05) is 17.1 Å². The molecule has 0 fully saturated rings. The van der Waals surface area contributed by atoms with Crippen LogP contribution < -0.4 is 9.62 Å². The molecule has 0 heterocycles. The Bertz CT molecular complexity index is 1130. The predicted octanol–water partition coefficient (Wildman–Crippen LogP) is 5.26. The van der Waals surface area contributed by atoms with Crippen LogP contribution in [0.2, 0.25) is 10.0 Å². The predicted molar refractivity (Wildman–Crippen MR) is 147 cm³/mol.